The molecule has 8 heteroatoms. The van der Waals surface area contributed by atoms with Gasteiger partial charge in [0.25, 0.3) is 5.56 Å². The molecule has 1 N–H and O–H groups in total. The number of carbonyl (C=O) groups excluding carboxylic acids is 1. The van der Waals surface area contributed by atoms with Crippen LogP contribution < -0.4 is 10.9 Å². The number of nitrogens with one attached hydrogen (secondary N) is 1. The number of aromatic nitrogens is 1. The molecule has 2 fully saturated rings. The number of nitrogens with zero attached hydrogens (tertiary/aromatic N) is 2. The number of carbonyl (C=O) groups is 1. The summed E-state index contributed by atoms with van der Waals surface area (Å²) >= 11 is 6.24. The SMILES string of the molecule is O=C(Nc1ccc(=O)n(Cc2ccccc2Cl)c1)N(CC1CCCO1)CC1CCCO1. The Kier molecular flexibility index (Phi) is 7.27. The van der Waals surface area contributed by atoms with Crippen LogP contribution in [0.3, 0.4) is 0 Å². The minimum Gasteiger partial charge on any atom is -0.376 e. The first-order chi connectivity index (χ1) is 15.1. The topological polar surface area (TPSA) is 72.8 Å². The summed E-state index contributed by atoms with van der Waals surface area (Å²) in [5, 5.41) is 3.54. The molecule has 7 nitrogen and oxygen atoms in total. The molecule has 2 aliphatic heterocycles. The number of benzene rings is 1. The molecule has 4 rings (SSSR count). The highest BCUT2D eigenvalue weighted by atomic mass is 35.5. The number of ether oxygens (including phenoxy) is 2. The maximum atomic E-state index is 13.1. The van der Waals surface area contributed by atoms with E-state index in [-0.39, 0.29) is 23.8 Å². The molecule has 31 heavy (non-hydrogen) atoms. The Morgan fingerprint density at radius 1 is 1.06 bits per heavy atom. The fourth-order valence-corrected chi connectivity index (χ4v) is 4.25. The first-order valence-electron chi connectivity index (χ1n) is 10.8. The lowest BCUT2D eigenvalue weighted by atomic mass is 10.2. The molecule has 2 aromatic rings. The number of pyridine rings is 1. The van der Waals surface area contributed by atoms with Gasteiger partial charge in [-0.2, -0.15) is 0 Å². The van der Waals surface area contributed by atoms with Gasteiger partial charge >= 0.3 is 6.03 Å². The molecule has 0 aliphatic carbocycles. The summed E-state index contributed by atoms with van der Waals surface area (Å²) in [5.41, 5.74) is 1.24. The standard InChI is InChI=1S/C23H28ClN3O4/c24-21-8-2-1-5-17(21)13-26-14-18(9-10-22(26)28)25-23(29)27(15-19-6-3-11-30-19)16-20-7-4-12-31-20/h1-2,5,8-10,14,19-20H,3-4,6-7,11-13,15-16H2,(H,25,29). The van der Waals surface area contributed by atoms with Gasteiger partial charge in [0.2, 0.25) is 0 Å². The van der Waals surface area contributed by atoms with E-state index in [1.807, 2.05) is 18.2 Å². The minimum absolute atomic E-state index is 0.0568. The molecule has 2 saturated heterocycles. The van der Waals surface area contributed by atoms with Crippen LogP contribution in [0.15, 0.2) is 47.4 Å². The first kappa shape index (κ1) is 21.9. The smallest absolute Gasteiger partial charge is 0.322 e. The van der Waals surface area contributed by atoms with Crippen LogP contribution in [0.4, 0.5) is 10.5 Å². The monoisotopic (exact) mass is 445 g/mol. The largest absolute Gasteiger partial charge is 0.376 e. The van der Waals surface area contributed by atoms with E-state index >= 15 is 0 Å². The lowest BCUT2D eigenvalue weighted by Gasteiger charge is -2.28. The van der Waals surface area contributed by atoms with Crippen LogP contribution in [0.2, 0.25) is 5.02 Å². The van der Waals surface area contributed by atoms with Crippen LogP contribution in [0.25, 0.3) is 0 Å². The highest BCUT2D eigenvalue weighted by Gasteiger charge is 2.27. The Balaban J connectivity index is 1.46. The molecule has 0 saturated carbocycles. The number of rotatable bonds is 7. The van der Waals surface area contributed by atoms with Crippen molar-refractivity contribution in [1.29, 1.82) is 0 Å². The molecule has 1 aromatic carbocycles. The van der Waals surface area contributed by atoms with Gasteiger partial charge in [-0.1, -0.05) is 29.8 Å². The van der Waals surface area contributed by atoms with Gasteiger partial charge in [0.05, 0.1) is 24.4 Å². The molecule has 166 valence electrons. The maximum absolute atomic E-state index is 13.1. The lowest BCUT2D eigenvalue weighted by molar-refractivity contribution is 0.0524. The minimum atomic E-state index is -0.214. The van der Waals surface area contributed by atoms with E-state index in [2.05, 4.69) is 5.32 Å². The molecule has 2 unspecified atom stereocenters. The van der Waals surface area contributed by atoms with Crippen LogP contribution in [-0.2, 0) is 16.0 Å². The molecule has 3 heterocycles. The van der Waals surface area contributed by atoms with Crippen LogP contribution in [0.5, 0.6) is 0 Å². The number of hydrogen-bond donors (Lipinski definition) is 1. The van der Waals surface area contributed by atoms with Gasteiger partial charge in [-0.15, -0.1) is 0 Å². The van der Waals surface area contributed by atoms with Crippen molar-refractivity contribution >= 4 is 23.3 Å². The van der Waals surface area contributed by atoms with Crippen molar-refractivity contribution in [3.63, 3.8) is 0 Å². The van der Waals surface area contributed by atoms with Crippen molar-refractivity contribution in [2.75, 3.05) is 31.6 Å². The summed E-state index contributed by atoms with van der Waals surface area (Å²) in [5.74, 6) is 0. The van der Waals surface area contributed by atoms with Crippen LogP contribution in [-0.4, -0.2) is 54.0 Å². The number of amides is 2. The van der Waals surface area contributed by atoms with Crippen molar-refractivity contribution in [2.45, 2.75) is 44.4 Å². The van der Waals surface area contributed by atoms with Crippen LogP contribution in [0, 0.1) is 0 Å². The molecular weight excluding hydrogens is 418 g/mol. The molecule has 2 atom stereocenters. The highest BCUT2D eigenvalue weighted by Crippen LogP contribution is 2.19. The van der Waals surface area contributed by atoms with E-state index in [0.29, 0.717) is 30.3 Å². The third kappa shape index (κ3) is 5.87. The highest BCUT2D eigenvalue weighted by molar-refractivity contribution is 6.31. The van der Waals surface area contributed by atoms with E-state index in [0.717, 1.165) is 44.5 Å². The van der Waals surface area contributed by atoms with Crippen LogP contribution in [0.1, 0.15) is 31.2 Å². The Morgan fingerprint density at radius 2 is 1.74 bits per heavy atom. The molecule has 0 radical (unpaired) electrons. The predicted octanol–water partition coefficient (Wildman–Crippen LogP) is 3.74. The van der Waals surface area contributed by atoms with Crippen molar-refractivity contribution < 1.29 is 14.3 Å². The summed E-state index contributed by atoms with van der Waals surface area (Å²) in [6.07, 6.45) is 5.72. The van der Waals surface area contributed by atoms with E-state index in [1.165, 1.54) is 6.07 Å². The van der Waals surface area contributed by atoms with Gasteiger partial charge in [0.15, 0.2) is 0 Å². The lowest BCUT2D eigenvalue weighted by Crippen LogP contribution is -2.44. The first-order valence-corrected chi connectivity index (χ1v) is 11.2. The third-order valence-corrected chi connectivity index (χ3v) is 6.09. The number of urea groups is 1. The average Bonchev–Trinajstić information content (AvgIpc) is 3.46. The van der Waals surface area contributed by atoms with Crippen molar-refractivity contribution in [3.05, 3.63) is 63.5 Å². The van der Waals surface area contributed by atoms with E-state index < -0.39 is 0 Å². The molecule has 0 bridgehead atoms. The summed E-state index contributed by atoms with van der Waals surface area (Å²) in [6, 6.07) is 10.3. The fraction of sp³-hybridized carbons (Fsp3) is 0.478. The van der Waals surface area contributed by atoms with Gasteiger partial charge in [-0.25, -0.2) is 4.79 Å². The van der Waals surface area contributed by atoms with Crippen molar-refractivity contribution in [2.24, 2.45) is 0 Å². The number of anilines is 1. The third-order valence-electron chi connectivity index (χ3n) is 5.72. The van der Waals surface area contributed by atoms with Gasteiger partial charge in [-0.05, 0) is 43.4 Å². The Bertz CT molecular complexity index is 934. The predicted molar refractivity (Wildman–Crippen MR) is 120 cm³/mol. The quantitative estimate of drug-likeness (QED) is 0.704. The Hall–Kier alpha value is -2.35. The molecule has 2 amide bonds. The zero-order chi connectivity index (χ0) is 21.6. The van der Waals surface area contributed by atoms with E-state index in [4.69, 9.17) is 21.1 Å². The van der Waals surface area contributed by atoms with Crippen molar-refractivity contribution in [3.8, 4) is 0 Å². The Labute approximate surface area is 186 Å². The zero-order valence-electron chi connectivity index (χ0n) is 17.5. The zero-order valence-corrected chi connectivity index (χ0v) is 18.2. The van der Waals surface area contributed by atoms with Gasteiger partial charge in [0, 0.05) is 43.6 Å². The normalized spacial score (nSPS) is 20.7. The summed E-state index contributed by atoms with van der Waals surface area (Å²) in [6.45, 7) is 2.88. The molecule has 2 aliphatic rings. The second-order valence-electron chi connectivity index (χ2n) is 8.08. The average molecular weight is 446 g/mol. The molecule has 0 spiro atoms. The second-order valence-corrected chi connectivity index (χ2v) is 8.49. The number of halogens is 1. The Morgan fingerprint density at radius 3 is 2.35 bits per heavy atom. The van der Waals surface area contributed by atoms with Gasteiger partial charge < -0.3 is 24.3 Å². The molecule has 1 aromatic heterocycles. The maximum Gasteiger partial charge on any atom is 0.322 e. The van der Waals surface area contributed by atoms with Gasteiger partial charge in [-0.3, -0.25) is 4.79 Å². The van der Waals surface area contributed by atoms with E-state index in [9.17, 15) is 9.59 Å². The summed E-state index contributed by atoms with van der Waals surface area (Å²) in [4.78, 5) is 27.2. The summed E-state index contributed by atoms with van der Waals surface area (Å²) < 4.78 is 13.0. The second kappa shape index (κ2) is 10.3. The van der Waals surface area contributed by atoms with Crippen LogP contribution >= 0.6 is 11.6 Å². The van der Waals surface area contributed by atoms with Crippen molar-refractivity contribution in [1.82, 2.24) is 9.47 Å². The molecular formula is C23H28ClN3O4. The van der Waals surface area contributed by atoms with Gasteiger partial charge in [0.1, 0.15) is 0 Å². The summed E-state index contributed by atoms with van der Waals surface area (Å²) in [7, 11) is 0. The number of hydrogen-bond acceptors (Lipinski definition) is 4. The fourth-order valence-electron chi connectivity index (χ4n) is 4.05. The van der Waals surface area contributed by atoms with E-state index in [1.54, 1.807) is 27.8 Å².